The normalized spacial score (nSPS) is 19.9. The fourth-order valence-corrected chi connectivity index (χ4v) is 3.45. The molecule has 0 aromatic heterocycles. The Morgan fingerprint density at radius 1 is 1.56 bits per heavy atom. The molecule has 6 nitrogen and oxygen atoms in total. The van der Waals surface area contributed by atoms with Gasteiger partial charge in [0.15, 0.2) is 0 Å². The van der Waals surface area contributed by atoms with E-state index >= 15 is 0 Å². The number of hydrogen-bond donors (Lipinski definition) is 2. The van der Waals surface area contributed by atoms with Gasteiger partial charge in [0.1, 0.15) is 17.2 Å². The highest BCUT2D eigenvalue weighted by molar-refractivity contribution is 7.90. The summed E-state index contributed by atoms with van der Waals surface area (Å²) in [5.41, 5.74) is 6.59. The molecule has 25 heavy (non-hydrogen) atoms. The topological polar surface area (TPSA) is 90.7 Å². The second-order valence-corrected chi connectivity index (χ2v) is 9.19. The number of nitrogens with zero attached hydrogens (tertiary/aromatic N) is 1. The van der Waals surface area contributed by atoms with Crippen molar-refractivity contribution < 1.29 is 18.5 Å². The van der Waals surface area contributed by atoms with Crippen LogP contribution < -0.4 is 15.4 Å². The third kappa shape index (κ3) is 4.99. The summed E-state index contributed by atoms with van der Waals surface area (Å²) in [6.07, 6.45) is 0.0570. The van der Waals surface area contributed by atoms with Crippen LogP contribution in [-0.2, 0) is 16.1 Å². The van der Waals surface area contributed by atoms with Gasteiger partial charge in [0.25, 0.3) is 0 Å². The van der Waals surface area contributed by atoms with E-state index in [1.54, 1.807) is 6.07 Å². The van der Waals surface area contributed by atoms with Crippen molar-refractivity contribution in [2.24, 2.45) is 5.73 Å². The summed E-state index contributed by atoms with van der Waals surface area (Å²) in [7, 11) is 0. The van der Waals surface area contributed by atoms with Gasteiger partial charge in [-0.15, -0.1) is 4.72 Å². The highest BCUT2D eigenvalue weighted by Gasteiger charge is 2.33. The number of halogens is 1. The second kappa shape index (κ2) is 7.80. The monoisotopic (exact) mass is 371 g/mol. The SMILES string of the molecule is CC(N[S+]([O-])C(C)(C)C)c1cc(F)ccc1N1CCC1COC(N)=O. The molecule has 1 aromatic rings. The Morgan fingerprint density at radius 2 is 2.24 bits per heavy atom. The van der Waals surface area contributed by atoms with Gasteiger partial charge in [-0.25, -0.2) is 9.18 Å². The maximum Gasteiger partial charge on any atom is 0.404 e. The van der Waals surface area contributed by atoms with E-state index in [1.807, 2.05) is 27.7 Å². The Labute approximate surface area is 151 Å². The van der Waals surface area contributed by atoms with Crippen LogP contribution in [0.25, 0.3) is 0 Å². The number of nitrogens with two attached hydrogens (primary N) is 1. The zero-order chi connectivity index (χ0) is 18.8. The summed E-state index contributed by atoms with van der Waals surface area (Å²) in [4.78, 5) is 12.9. The number of primary amides is 1. The van der Waals surface area contributed by atoms with Crippen molar-refractivity contribution >= 4 is 23.1 Å². The second-order valence-electron chi connectivity index (χ2n) is 7.19. The molecular formula is C17H26FN3O3S. The van der Waals surface area contributed by atoms with E-state index < -0.39 is 22.2 Å². The molecule has 0 aliphatic carbocycles. The van der Waals surface area contributed by atoms with Gasteiger partial charge in [0, 0.05) is 23.6 Å². The fourth-order valence-electron chi connectivity index (χ4n) is 2.64. The standard InChI is InChI=1S/C17H26FN3O3S/c1-11(20-25(23)17(2,3)4)14-9-12(18)5-6-15(14)21-8-7-13(21)10-24-16(19)22/h5-6,9,11,13,20H,7-8,10H2,1-4H3,(H2,19,22). The van der Waals surface area contributed by atoms with Crippen molar-refractivity contribution in [3.63, 3.8) is 0 Å². The van der Waals surface area contributed by atoms with Crippen molar-refractivity contribution in [3.8, 4) is 0 Å². The number of nitrogens with one attached hydrogen (secondary N) is 1. The van der Waals surface area contributed by atoms with Gasteiger partial charge in [0.2, 0.25) is 0 Å². The first-order chi connectivity index (χ1) is 11.6. The van der Waals surface area contributed by atoms with Gasteiger partial charge in [-0.3, -0.25) is 0 Å². The third-order valence-electron chi connectivity index (χ3n) is 4.17. The van der Waals surface area contributed by atoms with Crippen LogP contribution in [0.5, 0.6) is 0 Å². The van der Waals surface area contributed by atoms with Crippen molar-refractivity contribution in [3.05, 3.63) is 29.6 Å². The van der Waals surface area contributed by atoms with Crippen molar-refractivity contribution in [2.45, 2.75) is 50.9 Å². The smallest absolute Gasteiger partial charge is 0.404 e. The lowest BCUT2D eigenvalue weighted by atomic mass is 9.98. The zero-order valence-electron chi connectivity index (χ0n) is 15.0. The molecule has 2 rings (SSSR count). The number of anilines is 1. The molecule has 3 atom stereocenters. The molecule has 1 fully saturated rings. The summed E-state index contributed by atoms with van der Waals surface area (Å²) < 4.78 is 33.7. The van der Waals surface area contributed by atoms with Crippen LogP contribution in [0.15, 0.2) is 18.2 Å². The average Bonchev–Trinajstić information content (AvgIpc) is 2.46. The Bertz CT molecular complexity index is 624. The molecule has 1 aliphatic rings. The van der Waals surface area contributed by atoms with Crippen LogP contribution in [0.3, 0.4) is 0 Å². The van der Waals surface area contributed by atoms with Crippen LogP contribution in [-0.4, -0.2) is 34.6 Å². The van der Waals surface area contributed by atoms with E-state index in [-0.39, 0.29) is 24.5 Å². The summed E-state index contributed by atoms with van der Waals surface area (Å²) in [6.45, 7) is 8.46. The molecule has 1 saturated heterocycles. The van der Waals surface area contributed by atoms with E-state index in [4.69, 9.17) is 10.5 Å². The quantitative estimate of drug-likeness (QED) is 0.750. The highest BCUT2D eigenvalue weighted by atomic mass is 32.2. The molecule has 1 aromatic carbocycles. The van der Waals surface area contributed by atoms with Gasteiger partial charge >= 0.3 is 6.09 Å². The highest BCUT2D eigenvalue weighted by Crippen LogP contribution is 2.34. The molecule has 0 radical (unpaired) electrons. The van der Waals surface area contributed by atoms with Gasteiger partial charge in [-0.05, 0) is 57.9 Å². The number of amides is 1. The molecule has 1 heterocycles. The Balaban J connectivity index is 2.18. The molecule has 140 valence electrons. The largest absolute Gasteiger partial charge is 0.598 e. The fraction of sp³-hybridized carbons (Fsp3) is 0.588. The first-order valence-electron chi connectivity index (χ1n) is 8.26. The van der Waals surface area contributed by atoms with Gasteiger partial charge in [-0.2, -0.15) is 0 Å². The summed E-state index contributed by atoms with van der Waals surface area (Å²) in [6, 6.07) is 4.27. The number of carbonyl (C=O) groups is 1. The summed E-state index contributed by atoms with van der Waals surface area (Å²) >= 11 is -1.28. The molecule has 8 heteroatoms. The van der Waals surface area contributed by atoms with E-state index in [0.29, 0.717) is 0 Å². The van der Waals surface area contributed by atoms with Gasteiger partial charge in [-0.1, -0.05) is 0 Å². The van der Waals surface area contributed by atoms with Crippen LogP contribution in [0.1, 0.15) is 45.7 Å². The first kappa shape index (κ1) is 19.8. The predicted molar refractivity (Wildman–Crippen MR) is 97.1 cm³/mol. The van der Waals surface area contributed by atoms with E-state index in [1.165, 1.54) is 12.1 Å². The lowest BCUT2D eigenvalue weighted by Gasteiger charge is -2.43. The van der Waals surface area contributed by atoms with Crippen LogP contribution in [0.4, 0.5) is 14.9 Å². The number of carbonyl (C=O) groups excluding carboxylic acids is 1. The van der Waals surface area contributed by atoms with Gasteiger partial charge < -0.3 is 19.9 Å². The molecule has 3 N–H and O–H groups in total. The summed E-state index contributed by atoms with van der Waals surface area (Å²) in [5.74, 6) is -0.348. The van der Waals surface area contributed by atoms with Crippen LogP contribution in [0.2, 0.25) is 0 Å². The lowest BCUT2D eigenvalue weighted by molar-refractivity contribution is 0.138. The minimum Gasteiger partial charge on any atom is -0.598 e. The third-order valence-corrected chi connectivity index (χ3v) is 5.85. The predicted octanol–water partition coefficient (Wildman–Crippen LogP) is 2.61. The maximum atomic E-state index is 13.8. The average molecular weight is 371 g/mol. The molecule has 1 aliphatic heterocycles. The molecule has 0 saturated carbocycles. The number of hydrogen-bond acceptors (Lipinski definition) is 5. The number of benzene rings is 1. The minimum absolute atomic E-state index is 0.0111. The zero-order valence-corrected chi connectivity index (χ0v) is 15.9. The maximum absolute atomic E-state index is 13.8. The van der Waals surface area contributed by atoms with Crippen molar-refractivity contribution in [1.82, 2.24) is 4.72 Å². The molecule has 1 amide bonds. The van der Waals surface area contributed by atoms with E-state index in [9.17, 15) is 13.7 Å². The Morgan fingerprint density at radius 3 is 2.76 bits per heavy atom. The lowest BCUT2D eigenvalue weighted by Crippen LogP contribution is -2.51. The summed E-state index contributed by atoms with van der Waals surface area (Å²) in [5, 5.41) is 0. The Hall–Kier alpha value is -1.51. The van der Waals surface area contributed by atoms with Crippen molar-refractivity contribution in [2.75, 3.05) is 18.1 Å². The number of ether oxygens (including phenoxy) is 1. The van der Waals surface area contributed by atoms with Crippen LogP contribution in [0, 0.1) is 5.82 Å². The molecule has 0 spiro atoms. The first-order valence-corrected chi connectivity index (χ1v) is 9.41. The Kier molecular flexibility index (Phi) is 6.18. The molecule has 0 bridgehead atoms. The molecule has 3 unspecified atom stereocenters. The van der Waals surface area contributed by atoms with Crippen molar-refractivity contribution in [1.29, 1.82) is 0 Å². The van der Waals surface area contributed by atoms with Gasteiger partial charge in [0.05, 0.1) is 12.1 Å². The minimum atomic E-state index is -1.28. The van der Waals surface area contributed by atoms with E-state index in [2.05, 4.69) is 9.62 Å². The molecular weight excluding hydrogens is 345 g/mol. The van der Waals surface area contributed by atoms with Crippen LogP contribution >= 0.6 is 0 Å². The van der Waals surface area contributed by atoms with E-state index in [0.717, 1.165) is 24.2 Å². The number of rotatable bonds is 6.